The summed E-state index contributed by atoms with van der Waals surface area (Å²) in [5.41, 5.74) is 0. The Bertz CT molecular complexity index is 182. The molecule has 5 heteroatoms. The predicted molar refractivity (Wildman–Crippen MR) is 49.3 cm³/mol. The van der Waals surface area contributed by atoms with Crippen molar-refractivity contribution in [2.24, 2.45) is 0 Å². The lowest BCUT2D eigenvalue weighted by Crippen LogP contribution is -2.39. The summed E-state index contributed by atoms with van der Waals surface area (Å²) in [6.07, 6.45) is 1.06. The zero-order valence-electron chi connectivity index (χ0n) is 8.06. The lowest BCUT2D eigenvalue weighted by molar-refractivity contribution is -0.122. The summed E-state index contributed by atoms with van der Waals surface area (Å²) in [5, 5.41) is 5.39. The molecular formula is C9H16F2N2O. The van der Waals surface area contributed by atoms with Gasteiger partial charge in [-0.05, 0) is 19.4 Å². The van der Waals surface area contributed by atoms with E-state index in [-0.39, 0.29) is 11.9 Å². The SMILES string of the molecule is O=C(CC1CCCCN1)NCC(F)F. The molecule has 2 N–H and O–H groups in total. The fraction of sp³-hybridized carbons (Fsp3) is 0.889. The van der Waals surface area contributed by atoms with Crippen LogP contribution in [0.2, 0.25) is 0 Å². The van der Waals surface area contributed by atoms with Crippen LogP contribution in [0.1, 0.15) is 25.7 Å². The summed E-state index contributed by atoms with van der Waals surface area (Å²) in [4.78, 5) is 11.1. The fourth-order valence-electron chi connectivity index (χ4n) is 1.59. The summed E-state index contributed by atoms with van der Waals surface area (Å²) < 4.78 is 23.5. The van der Waals surface area contributed by atoms with Gasteiger partial charge in [-0.25, -0.2) is 8.78 Å². The van der Waals surface area contributed by atoms with Crippen molar-refractivity contribution in [3.8, 4) is 0 Å². The van der Waals surface area contributed by atoms with Crippen LogP contribution in [0.15, 0.2) is 0 Å². The Kier molecular flexibility index (Phi) is 4.79. The highest BCUT2D eigenvalue weighted by atomic mass is 19.3. The van der Waals surface area contributed by atoms with Crippen LogP contribution in [-0.2, 0) is 4.79 Å². The van der Waals surface area contributed by atoms with E-state index in [0.29, 0.717) is 6.42 Å². The fourth-order valence-corrected chi connectivity index (χ4v) is 1.59. The molecule has 0 saturated carbocycles. The highest BCUT2D eigenvalue weighted by Crippen LogP contribution is 2.09. The van der Waals surface area contributed by atoms with Crippen molar-refractivity contribution in [3.05, 3.63) is 0 Å². The first-order chi connectivity index (χ1) is 6.68. The summed E-state index contributed by atoms with van der Waals surface area (Å²) in [6, 6.07) is 0.168. The molecule has 1 aliphatic heterocycles. The normalized spacial score (nSPS) is 22.4. The van der Waals surface area contributed by atoms with E-state index in [2.05, 4.69) is 10.6 Å². The van der Waals surface area contributed by atoms with Gasteiger partial charge in [0.15, 0.2) is 0 Å². The first-order valence-corrected chi connectivity index (χ1v) is 4.96. The van der Waals surface area contributed by atoms with Crippen LogP contribution in [0.3, 0.4) is 0 Å². The highest BCUT2D eigenvalue weighted by molar-refractivity contribution is 5.76. The van der Waals surface area contributed by atoms with Gasteiger partial charge in [-0.1, -0.05) is 6.42 Å². The van der Waals surface area contributed by atoms with Gasteiger partial charge in [0.05, 0.1) is 6.54 Å². The van der Waals surface area contributed by atoms with Gasteiger partial charge in [0.1, 0.15) is 0 Å². The van der Waals surface area contributed by atoms with Crippen LogP contribution in [-0.4, -0.2) is 31.5 Å². The van der Waals surface area contributed by atoms with Crippen LogP contribution < -0.4 is 10.6 Å². The van der Waals surface area contributed by atoms with Crippen molar-refractivity contribution in [3.63, 3.8) is 0 Å². The maximum absolute atomic E-state index is 11.7. The zero-order valence-corrected chi connectivity index (χ0v) is 8.06. The van der Waals surface area contributed by atoms with E-state index in [1.165, 1.54) is 0 Å². The van der Waals surface area contributed by atoms with Crippen LogP contribution in [0, 0.1) is 0 Å². The Balaban J connectivity index is 2.12. The zero-order chi connectivity index (χ0) is 10.4. The number of amides is 1. The third-order valence-electron chi connectivity index (χ3n) is 2.30. The largest absolute Gasteiger partial charge is 0.350 e. The number of alkyl halides is 2. The quantitative estimate of drug-likeness (QED) is 0.717. The van der Waals surface area contributed by atoms with E-state index in [1.807, 2.05) is 0 Å². The standard InChI is InChI=1S/C9H16F2N2O/c10-8(11)6-13-9(14)5-7-3-1-2-4-12-7/h7-8,12H,1-6H2,(H,13,14). The first kappa shape index (κ1) is 11.4. The smallest absolute Gasteiger partial charge is 0.255 e. The monoisotopic (exact) mass is 206 g/mol. The minimum atomic E-state index is -2.46. The summed E-state index contributed by atoms with van der Waals surface area (Å²) in [7, 11) is 0. The van der Waals surface area contributed by atoms with E-state index in [1.54, 1.807) is 0 Å². The van der Waals surface area contributed by atoms with Gasteiger partial charge in [-0.15, -0.1) is 0 Å². The number of rotatable bonds is 4. The molecule has 1 atom stereocenters. The molecule has 1 amide bonds. The van der Waals surface area contributed by atoms with Crippen molar-refractivity contribution < 1.29 is 13.6 Å². The van der Waals surface area contributed by atoms with E-state index in [0.717, 1.165) is 25.8 Å². The van der Waals surface area contributed by atoms with Crippen LogP contribution in [0.25, 0.3) is 0 Å². The Morgan fingerprint density at radius 2 is 2.29 bits per heavy atom. The molecule has 0 aromatic carbocycles. The van der Waals surface area contributed by atoms with Gasteiger partial charge in [0.2, 0.25) is 5.91 Å². The van der Waals surface area contributed by atoms with Crippen molar-refractivity contribution >= 4 is 5.91 Å². The molecule has 0 radical (unpaired) electrons. The molecule has 0 aromatic heterocycles. The maximum Gasteiger partial charge on any atom is 0.255 e. The topological polar surface area (TPSA) is 41.1 Å². The van der Waals surface area contributed by atoms with Gasteiger partial charge in [-0.3, -0.25) is 4.79 Å². The Morgan fingerprint density at radius 3 is 2.86 bits per heavy atom. The molecule has 82 valence electrons. The van der Waals surface area contributed by atoms with E-state index >= 15 is 0 Å². The maximum atomic E-state index is 11.7. The number of carbonyl (C=O) groups excluding carboxylic acids is 1. The van der Waals surface area contributed by atoms with Crippen LogP contribution >= 0.6 is 0 Å². The molecule has 1 rings (SSSR count). The van der Waals surface area contributed by atoms with Gasteiger partial charge in [0, 0.05) is 12.5 Å². The van der Waals surface area contributed by atoms with E-state index < -0.39 is 13.0 Å². The molecule has 14 heavy (non-hydrogen) atoms. The molecular weight excluding hydrogens is 190 g/mol. The molecule has 1 saturated heterocycles. The Hall–Kier alpha value is -0.710. The van der Waals surface area contributed by atoms with E-state index in [9.17, 15) is 13.6 Å². The first-order valence-electron chi connectivity index (χ1n) is 4.96. The second-order valence-corrected chi connectivity index (χ2v) is 3.55. The molecule has 3 nitrogen and oxygen atoms in total. The second kappa shape index (κ2) is 5.90. The number of hydrogen-bond donors (Lipinski definition) is 2. The predicted octanol–water partition coefficient (Wildman–Crippen LogP) is 0.900. The third-order valence-corrected chi connectivity index (χ3v) is 2.30. The number of hydrogen-bond acceptors (Lipinski definition) is 2. The summed E-state index contributed by atoms with van der Waals surface area (Å²) in [5.74, 6) is -0.287. The van der Waals surface area contributed by atoms with Gasteiger partial charge >= 0.3 is 0 Å². The lowest BCUT2D eigenvalue weighted by Gasteiger charge is -2.22. The van der Waals surface area contributed by atoms with Crippen LogP contribution in [0.4, 0.5) is 8.78 Å². The Labute approximate surface area is 82.2 Å². The third kappa shape index (κ3) is 4.50. The molecule has 1 fully saturated rings. The lowest BCUT2D eigenvalue weighted by atomic mass is 10.0. The Morgan fingerprint density at radius 1 is 1.50 bits per heavy atom. The number of nitrogens with one attached hydrogen (secondary N) is 2. The second-order valence-electron chi connectivity index (χ2n) is 3.55. The molecule has 0 spiro atoms. The van der Waals surface area contributed by atoms with E-state index in [4.69, 9.17) is 0 Å². The minimum Gasteiger partial charge on any atom is -0.350 e. The summed E-state index contributed by atoms with van der Waals surface area (Å²) >= 11 is 0. The van der Waals surface area contributed by atoms with Gasteiger partial charge in [-0.2, -0.15) is 0 Å². The minimum absolute atomic E-state index is 0.168. The molecule has 1 unspecified atom stereocenters. The molecule has 0 bridgehead atoms. The molecule has 0 aliphatic carbocycles. The average Bonchev–Trinajstić information content (AvgIpc) is 2.16. The molecule has 0 aromatic rings. The van der Waals surface area contributed by atoms with Gasteiger partial charge in [0.25, 0.3) is 6.43 Å². The van der Waals surface area contributed by atoms with Crippen molar-refractivity contribution in [2.45, 2.75) is 38.2 Å². The molecule has 1 aliphatic rings. The average molecular weight is 206 g/mol. The van der Waals surface area contributed by atoms with Crippen molar-refractivity contribution in [2.75, 3.05) is 13.1 Å². The van der Waals surface area contributed by atoms with Crippen LogP contribution in [0.5, 0.6) is 0 Å². The van der Waals surface area contributed by atoms with Crippen molar-refractivity contribution in [1.29, 1.82) is 0 Å². The number of halogens is 2. The molecule has 1 heterocycles. The van der Waals surface area contributed by atoms with Crippen molar-refractivity contribution in [1.82, 2.24) is 10.6 Å². The number of carbonyl (C=O) groups is 1. The summed E-state index contributed by atoms with van der Waals surface area (Å²) in [6.45, 7) is 0.387. The highest BCUT2D eigenvalue weighted by Gasteiger charge is 2.16. The van der Waals surface area contributed by atoms with Gasteiger partial charge < -0.3 is 10.6 Å². The number of piperidine rings is 1.